The molecule has 0 saturated heterocycles. The Hall–Kier alpha value is -2.62. The van der Waals surface area contributed by atoms with Gasteiger partial charge in [-0.3, -0.25) is 4.79 Å². The highest BCUT2D eigenvalue weighted by atomic mass is 16.5. The van der Waals surface area contributed by atoms with Gasteiger partial charge in [-0.05, 0) is 12.3 Å². The van der Waals surface area contributed by atoms with Gasteiger partial charge in [-0.15, -0.1) is 0 Å². The third-order valence-corrected chi connectivity index (χ3v) is 4.28. The molecule has 0 amide bonds. The molecule has 0 fully saturated rings. The molecule has 2 heterocycles. The van der Waals surface area contributed by atoms with Crippen LogP contribution in [0.2, 0.25) is 0 Å². The van der Waals surface area contributed by atoms with Crippen LogP contribution in [0.4, 0.5) is 0 Å². The molecule has 120 valence electrons. The molecule has 1 aromatic rings. The van der Waals surface area contributed by atoms with Crippen LogP contribution in [0.1, 0.15) is 45.4 Å². The predicted molar refractivity (Wildman–Crippen MR) is 81.4 cm³/mol. The molecule has 0 bridgehead atoms. The predicted octanol–water partition coefficient (Wildman–Crippen LogP) is 1.75. The largest absolute Gasteiger partial charge is 0.444 e. The number of aromatic nitrogens is 3. The van der Waals surface area contributed by atoms with E-state index in [1.165, 1.54) is 6.33 Å². The normalized spacial score (nSPS) is 23.4. The summed E-state index contributed by atoms with van der Waals surface area (Å²) in [6.45, 7) is 6.55. The Kier molecular flexibility index (Phi) is 3.48. The standard InChI is InChI=1S/C16H19N5O2/c1-4-21-15(19-8-20-21)12-9(7-17)14(18)23-11-6-16(2,3)5-10(22)13(11)12/h8,12H,4-6,18H2,1-3H3. The zero-order chi connectivity index (χ0) is 16.8. The average Bonchev–Trinajstić information content (AvgIpc) is 2.92. The number of Topliss-reactive ketones (excluding diaryl/α,β-unsaturated/α-hetero) is 1. The molecule has 0 radical (unpaired) electrons. The van der Waals surface area contributed by atoms with E-state index in [-0.39, 0.29) is 22.7 Å². The van der Waals surface area contributed by atoms with Crippen LogP contribution in [0, 0.1) is 16.7 Å². The Morgan fingerprint density at radius 1 is 1.52 bits per heavy atom. The smallest absolute Gasteiger partial charge is 0.205 e. The first-order valence-corrected chi connectivity index (χ1v) is 7.59. The van der Waals surface area contributed by atoms with E-state index >= 15 is 0 Å². The molecule has 1 unspecified atom stereocenters. The number of nitriles is 1. The molecule has 1 aliphatic carbocycles. The fraction of sp³-hybridized carbons (Fsp3) is 0.500. The molecule has 1 aromatic heterocycles. The summed E-state index contributed by atoms with van der Waals surface area (Å²) >= 11 is 0. The van der Waals surface area contributed by atoms with Crippen molar-refractivity contribution in [3.63, 3.8) is 0 Å². The van der Waals surface area contributed by atoms with Gasteiger partial charge in [0.05, 0.1) is 5.92 Å². The minimum atomic E-state index is -0.602. The fourth-order valence-corrected chi connectivity index (χ4v) is 3.28. The number of nitrogens with two attached hydrogens (primary N) is 1. The Balaban J connectivity index is 2.20. The highest BCUT2D eigenvalue weighted by molar-refractivity contribution is 5.99. The number of ketones is 1. The number of aryl methyl sites for hydroxylation is 1. The van der Waals surface area contributed by atoms with Crippen molar-refractivity contribution in [2.75, 3.05) is 0 Å². The molecule has 0 spiro atoms. The van der Waals surface area contributed by atoms with Gasteiger partial charge in [0.25, 0.3) is 0 Å². The summed E-state index contributed by atoms with van der Waals surface area (Å²) in [5.74, 6) is 0.531. The molecule has 2 N–H and O–H groups in total. The minimum absolute atomic E-state index is 0.0212. The Morgan fingerprint density at radius 3 is 2.91 bits per heavy atom. The van der Waals surface area contributed by atoms with Gasteiger partial charge in [0.1, 0.15) is 29.6 Å². The number of carbonyl (C=O) groups excluding carboxylic acids is 1. The zero-order valence-electron chi connectivity index (χ0n) is 13.5. The first kappa shape index (κ1) is 15.3. The summed E-state index contributed by atoms with van der Waals surface area (Å²) in [6.07, 6.45) is 2.44. The van der Waals surface area contributed by atoms with E-state index in [0.717, 1.165) is 0 Å². The average molecular weight is 313 g/mol. The van der Waals surface area contributed by atoms with Gasteiger partial charge in [-0.25, -0.2) is 9.67 Å². The maximum Gasteiger partial charge on any atom is 0.205 e. The van der Waals surface area contributed by atoms with Crippen molar-refractivity contribution in [2.24, 2.45) is 11.1 Å². The van der Waals surface area contributed by atoms with Gasteiger partial charge >= 0.3 is 0 Å². The van der Waals surface area contributed by atoms with Gasteiger partial charge in [0.15, 0.2) is 5.78 Å². The first-order valence-electron chi connectivity index (χ1n) is 7.59. The molecule has 3 rings (SSSR count). The van der Waals surface area contributed by atoms with Crippen LogP contribution >= 0.6 is 0 Å². The molecule has 1 aliphatic heterocycles. The van der Waals surface area contributed by atoms with Crippen molar-refractivity contribution < 1.29 is 9.53 Å². The Bertz CT molecular complexity index is 779. The molecular formula is C16H19N5O2. The lowest BCUT2D eigenvalue weighted by Gasteiger charge is -2.36. The number of rotatable bonds is 2. The van der Waals surface area contributed by atoms with Crippen LogP contribution in [0.15, 0.2) is 29.1 Å². The van der Waals surface area contributed by atoms with Crippen LogP contribution in [-0.2, 0) is 16.1 Å². The third kappa shape index (κ3) is 2.40. The van der Waals surface area contributed by atoms with E-state index in [2.05, 4.69) is 16.2 Å². The number of ether oxygens (including phenoxy) is 1. The van der Waals surface area contributed by atoms with Crippen LogP contribution in [0.3, 0.4) is 0 Å². The van der Waals surface area contributed by atoms with Gasteiger partial charge in [0.2, 0.25) is 5.88 Å². The highest BCUT2D eigenvalue weighted by Gasteiger charge is 2.44. The van der Waals surface area contributed by atoms with E-state index in [1.54, 1.807) is 4.68 Å². The highest BCUT2D eigenvalue weighted by Crippen LogP contribution is 2.47. The van der Waals surface area contributed by atoms with Crippen LogP contribution in [0.25, 0.3) is 0 Å². The number of carbonyl (C=O) groups is 1. The van der Waals surface area contributed by atoms with Crippen LogP contribution < -0.4 is 5.73 Å². The lowest BCUT2D eigenvalue weighted by molar-refractivity contribution is -0.119. The molecule has 0 saturated carbocycles. The third-order valence-electron chi connectivity index (χ3n) is 4.28. The van der Waals surface area contributed by atoms with E-state index in [9.17, 15) is 10.1 Å². The minimum Gasteiger partial charge on any atom is -0.444 e. The van der Waals surface area contributed by atoms with Gasteiger partial charge in [0, 0.05) is 25.0 Å². The monoisotopic (exact) mass is 313 g/mol. The fourth-order valence-electron chi connectivity index (χ4n) is 3.28. The lowest BCUT2D eigenvalue weighted by atomic mass is 9.71. The Labute approximate surface area is 134 Å². The van der Waals surface area contributed by atoms with E-state index in [4.69, 9.17) is 10.5 Å². The number of nitrogens with zero attached hydrogens (tertiary/aromatic N) is 4. The van der Waals surface area contributed by atoms with Crippen molar-refractivity contribution in [1.82, 2.24) is 14.8 Å². The zero-order valence-corrected chi connectivity index (χ0v) is 13.5. The van der Waals surface area contributed by atoms with Crippen LogP contribution in [0.5, 0.6) is 0 Å². The number of hydrogen-bond acceptors (Lipinski definition) is 6. The SMILES string of the molecule is CCn1ncnc1C1C(C#N)=C(N)OC2=C1C(=O)CC(C)(C)C2. The number of hydrogen-bond donors (Lipinski definition) is 1. The second kappa shape index (κ2) is 5.23. The second-order valence-electron chi connectivity index (χ2n) is 6.64. The maximum absolute atomic E-state index is 12.7. The lowest BCUT2D eigenvalue weighted by Crippen LogP contribution is -2.34. The molecule has 23 heavy (non-hydrogen) atoms. The summed E-state index contributed by atoms with van der Waals surface area (Å²) in [5, 5.41) is 13.7. The quantitative estimate of drug-likeness (QED) is 0.891. The maximum atomic E-state index is 12.7. The summed E-state index contributed by atoms with van der Waals surface area (Å²) < 4.78 is 7.32. The van der Waals surface area contributed by atoms with Gasteiger partial charge in [-0.2, -0.15) is 10.4 Å². The molecule has 7 heteroatoms. The van der Waals surface area contributed by atoms with Gasteiger partial charge < -0.3 is 10.5 Å². The molecule has 7 nitrogen and oxygen atoms in total. The van der Waals surface area contributed by atoms with Crippen molar-refractivity contribution >= 4 is 5.78 Å². The summed E-state index contributed by atoms with van der Waals surface area (Å²) in [7, 11) is 0. The summed E-state index contributed by atoms with van der Waals surface area (Å²) in [6, 6.07) is 2.08. The van der Waals surface area contributed by atoms with Crippen molar-refractivity contribution in [2.45, 2.75) is 46.1 Å². The first-order chi connectivity index (χ1) is 10.9. The second-order valence-corrected chi connectivity index (χ2v) is 6.64. The van der Waals surface area contributed by atoms with E-state index < -0.39 is 5.92 Å². The summed E-state index contributed by atoms with van der Waals surface area (Å²) in [4.78, 5) is 17.0. The van der Waals surface area contributed by atoms with E-state index in [0.29, 0.717) is 36.5 Å². The topological polar surface area (TPSA) is 107 Å². The van der Waals surface area contributed by atoms with Crippen molar-refractivity contribution in [3.8, 4) is 6.07 Å². The summed E-state index contributed by atoms with van der Waals surface area (Å²) in [5.41, 5.74) is 6.48. The van der Waals surface area contributed by atoms with Crippen molar-refractivity contribution in [1.29, 1.82) is 5.26 Å². The van der Waals surface area contributed by atoms with E-state index in [1.807, 2.05) is 20.8 Å². The molecular weight excluding hydrogens is 294 g/mol. The molecule has 1 atom stereocenters. The van der Waals surface area contributed by atoms with Gasteiger partial charge in [-0.1, -0.05) is 13.8 Å². The molecule has 0 aromatic carbocycles. The van der Waals surface area contributed by atoms with Crippen molar-refractivity contribution in [3.05, 3.63) is 34.9 Å². The number of allylic oxidation sites excluding steroid dienone is 3. The Morgan fingerprint density at radius 2 is 2.26 bits per heavy atom. The van der Waals surface area contributed by atoms with Crippen LogP contribution in [-0.4, -0.2) is 20.5 Å². The molecule has 2 aliphatic rings.